The van der Waals surface area contributed by atoms with Crippen LogP contribution in [0.1, 0.15) is 18.4 Å². The Morgan fingerprint density at radius 3 is 3.06 bits per heavy atom. The van der Waals surface area contributed by atoms with Crippen LogP contribution in [0.15, 0.2) is 24.7 Å². The van der Waals surface area contributed by atoms with Crippen molar-refractivity contribution in [2.75, 3.05) is 13.1 Å². The van der Waals surface area contributed by atoms with E-state index >= 15 is 0 Å². The van der Waals surface area contributed by atoms with Gasteiger partial charge in [0.25, 0.3) is 0 Å². The molecule has 0 aromatic carbocycles. The molecule has 0 spiro atoms. The summed E-state index contributed by atoms with van der Waals surface area (Å²) in [5, 5.41) is 17.9. The van der Waals surface area contributed by atoms with Crippen molar-refractivity contribution in [3.05, 3.63) is 30.2 Å². The normalized spacial score (nSPS) is 19.6. The molecule has 1 aliphatic rings. The second-order valence-corrected chi connectivity index (χ2v) is 4.75. The lowest BCUT2D eigenvalue weighted by Gasteiger charge is -2.32. The van der Waals surface area contributed by atoms with E-state index in [1.165, 1.54) is 0 Å². The number of aromatic nitrogens is 3. The highest BCUT2D eigenvalue weighted by Crippen LogP contribution is 2.22. The van der Waals surface area contributed by atoms with Gasteiger partial charge in [0.2, 0.25) is 0 Å². The summed E-state index contributed by atoms with van der Waals surface area (Å²) in [4.78, 5) is 4.31. The lowest BCUT2D eigenvalue weighted by atomic mass is 9.87. The predicted molar refractivity (Wildman–Crippen MR) is 63.7 cm³/mol. The van der Waals surface area contributed by atoms with Gasteiger partial charge in [-0.2, -0.15) is 5.10 Å². The van der Waals surface area contributed by atoms with Gasteiger partial charge in [0, 0.05) is 24.9 Å². The number of nitrogens with one attached hydrogen (secondary N) is 1. The molecule has 0 bridgehead atoms. The largest absolute Gasteiger partial charge is 0.389 e. The predicted octanol–water partition coefficient (Wildman–Crippen LogP) is 0.386. The standard InChI is InChI=1S/C12H16N4O/c17-12(2-5-13-6-3-12)7-10-8-14-11-1-4-15-16(11)9-10/h1,4,8-9,13,17H,2-3,5-7H2. The van der Waals surface area contributed by atoms with Gasteiger partial charge in [0.1, 0.15) is 0 Å². The Hall–Kier alpha value is -1.46. The fourth-order valence-corrected chi connectivity index (χ4v) is 2.39. The van der Waals surface area contributed by atoms with Crippen LogP contribution in [0.3, 0.4) is 0 Å². The third-order valence-corrected chi connectivity index (χ3v) is 3.37. The van der Waals surface area contributed by atoms with E-state index < -0.39 is 5.60 Å². The highest BCUT2D eigenvalue weighted by atomic mass is 16.3. The summed E-state index contributed by atoms with van der Waals surface area (Å²) >= 11 is 0. The van der Waals surface area contributed by atoms with Crippen molar-refractivity contribution in [1.29, 1.82) is 0 Å². The number of aliphatic hydroxyl groups is 1. The molecular weight excluding hydrogens is 216 g/mol. The van der Waals surface area contributed by atoms with E-state index in [1.54, 1.807) is 10.7 Å². The van der Waals surface area contributed by atoms with E-state index in [4.69, 9.17) is 0 Å². The maximum atomic E-state index is 10.4. The molecule has 3 heterocycles. The van der Waals surface area contributed by atoms with Crippen LogP contribution in [0, 0.1) is 0 Å². The van der Waals surface area contributed by atoms with Gasteiger partial charge >= 0.3 is 0 Å². The molecule has 2 N–H and O–H groups in total. The average molecular weight is 232 g/mol. The van der Waals surface area contributed by atoms with Crippen molar-refractivity contribution in [1.82, 2.24) is 19.9 Å². The van der Waals surface area contributed by atoms with Crippen LogP contribution in [0.5, 0.6) is 0 Å². The first-order valence-corrected chi connectivity index (χ1v) is 5.97. The number of nitrogens with zero attached hydrogens (tertiary/aromatic N) is 3. The average Bonchev–Trinajstić information content (AvgIpc) is 2.76. The fourth-order valence-electron chi connectivity index (χ4n) is 2.39. The molecule has 0 amide bonds. The van der Waals surface area contributed by atoms with Gasteiger partial charge in [0.05, 0.1) is 11.8 Å². The Kier molecular flexibility index (Phi) is 2.57. The van der Waals surface area contributed by atoms with Crippen LogP contribution >= 0.6 is 0 Å². The van der Waals surface area contributed by atoms with E-state index in [-0.39, 0.29) is 0 Å². The lowest BCUT2D eigenvalue weighted by Crippen LogP contribution is -2.43. The summed E-state index contributed by atoms with van der Waals surface area (Å²) in [5.41, 5.74) is 1.28. The molecule has 90 valence electrons. The summed E-state index contributed by atoms with van der Waals surface area (Å²) in [7, 11) is 0. The minimum absolute atomic E-state index is 0.590. The fraction of sp³-hybridized carbons (Fsp3) is 0.500. The molecule has 0 saturated carbocycles. The Morgan fingerprint density at radius 2 is 2.24 bits per heavy atom. The molecule has 1 aliphatic heterocycles. The third kappa shape index (κ3) is 2.16. The van der Waals surface area contributed by atoms with E-state index in [0.717, 1.165) is 37.1 Å². The molecule has 1 saturated heterocycles. The topological polar surface area (TPSA) is 62.5 Å². The Labute approximate surface area is 99.5 Å². The summed E-state index contributed by atoms with van der Waals surface area (Å²) < 4.78 is 1.75. The van der Waals surface area contributed by atoms with Gasteiger partial charge in [-0.1, -0.05) is 0 Å². The lowest BCUT2D eigenvalue weighted by molar-refractivity contribution is 0.0107. The molecule has 3 rings (SSSR count). The molecule has 0 unspecified atom stereocenters. The first-order valence-electron chi connectivity index (χ1n) is 5.97. The Balaban J connectivity index is 1.83. The van der Waals surface area contributed by atoms with Crippen molar-refractivity contribution >= 4 is 5.65 Å². The van der Waals surface area contributed by atoms with Crippen LogP contribution in [-0.4, -0.2) is 38.4 Å². The maximum Gasteiger partial charge on any atom is 0.154 e. The van der Waals surface area contributed by atoms with Gasteiger partial charge in [-0.15, -0.1) is 0 Å². The molecule has 0 radical (unpaired) electrons. The van der Waals surface area contributed by atoms with E-state index in [1.807, 2.05) is 18.5 Å². The number of fused-ring (bicyclic) bond motifs is 1. The number of hydrogen-bond donors (Lipinski definition) is 2. The molecule has 0 atom stereocenters. The second kappa shape index (κ2) is 4.09. The SMILES string of the molecule is OC1(Cc2cnc3ccnn3c2)CCNCC1. The van der Waals surface area contributed by atoms with Crippen molar-refractivity contribution < 1.29 is 5.11 Å². The van der Waals surface area contributed by atoms with Crippen LogP contribution in [0.4, 0.5) is 0 Å². The molecule has 0 aliphatic carbocycles. The van der Waals surface area contributed by atoms with Crippen molar-refractivity contribution in [3.8, 4) is 0 Å². The molecule has 1 fully saturated rings. The van der Waals surface area contributed by atoms with Crippen LogP contribution in [-0.2, 0) is 6.42 Å². The van der Waals surface area contributed by atoms with Gasteiger partial charge in [-0.25, -0.2) is 9.50 Å². The van der Waals surface area contributed by atoms with Gasteiger partial charge in [0.15, 0.2) is 5.65 Å². The summed E-state index contributed by atoms with van der Waals surface area (Å²) in [5.74, 6) is 0. The summed E-state index contributed by atoms with van der Waals surface area (Å²) in [6.45, 7) is 1.77. The van der Waals surface area contributed by atoms with Crippen molar-refractivity contribution in [3.63, 3.8) is 0 Å². The van der Waals surface area contributed by atoms with E-state index in [9.17, 15) is 5.11 Å². The molecule has 17 heavy (non-hydrogen) atoms. The smallest absolute Gasteiger partial charge is 0.154 e. The molecule has 2 aromatic heterocycles. The minimum Gasteiger partial charge on any atom is -0.389 e. The first-order chi connectivity index (χ1) is 8.25. The highest BCUT2D eigenvalue weighted by molar-refractivity contribution is 5.36. The monoisotopic (exact) mass is 232 g/mol. The summed E-state index contributed by atoms with van der Waals surface area (Å²) in [6, 6.07) is 1.86. The number of piperidine rings is 1. The van der Waals surface area contributed by atoms with Crippen molar-refractivity contribution in [2.45, 2.75) is 24.9 Å². The second-order valence-electron chi connectivity index (χ2n) is 4.75. The van der Waals surface area contributed by atoms with Gasteiger partial charge in [-0.05, 0) is 31.5 Å². The molecule has 2 aromatic rings. The maximum absolute atomic E-state index is 10.4. The van der Waals surface area contributed by atoms with Gasteiger partial charge < -0.3 is 10.4 Å². The minimum atomic E-state index is -0.590. The van der Waals surface area contributed by atoms with Crippen LogP contribution in [0.2, 0.25) is 0 Å². The highest BCUT2D eigenvalue weighted by Gasteiger charge is 2.29. The Morgan fingerprint density at radius 1 is 1.41 bits per heavy atom. The van der Waals surface area contributed by atoms with Crippen molar-refractivity contribution in [2.24, 2.45) is 0 Å². The number of hydrogen-bond acceptors (Lipinski definition) is 4. The van der Waals surface area contributed by atoms with Crippen LogP contribution in [0.25, 0.3) is 5.65 Å². The summed E-state index contributed by atoms with van der Waals surface area (Å²) in [6.07, 6.45) is 7.75. The van der Waals surface area contributed by atoms with Crippen LogP contribution < -0.4 is 5.32 Å². The quantitative estimate of drug-likeness (QED) is 0.786. The zero-order chi connectivity index (χ0) is 11.7. The number of rotatable bonds is 2. The Bertz CT molecular complexity index is 516. The van der Waals surface area contributed by atoms with E-state index in [0.29, 0.717) is 6.42 Å². The third-order valence-electron chi connectivity index (χ3n) is 3.37. The zero-order valence-electron chi connectivity index (χ0n) is 9.63. The van der Waals surface area contributed by atoms with Gasteiger partial charge in [-0.3, -0.25) is 0 Å². The molecule has 5 heteroatoms. The first kappa shape index (κ1) is 10.7. The molecular formula is C12H16N4O. The molecule has 5 nitrogen and oxygen atoms in total. The zero-order valence-corrected chi connectivity index (χ0v) is 9.63. The van der Waals surface area contributed by atoms with E-state index in [2.05, 4.69) is 15.4 Å².